The number of rotatable bonds is 9. The molecule has 1 amide bonds. The van der Waals surface area contributed by atoms with Crippen molar-refractivity contribution >= 4 is 28.6 Å². The number of hydrogen-bond acceptors (Lipinski definition) is 7. The monoisotopic (exact) mass is 476 g/mol. The summed E-state index contributed by atoms with van der Waals surface area (Å²) in [6.07, 6.45) is 0. The van der Waals surface area contributed by atoms with Gasteiger partial charge in [0.15, 0.2) is 11.5 Å². The van der Waals surface area contributed by atoms with Crippen LogP contribution in [-0.4, -0.2) is 58.7 Å². The lowest BCUT2D eigenvalue weighted by molar-refractivity contribution is -0.132. The number of carbonyl (C=O) groups is 3. The van der Waals surface area contributed by atoms with Crippen molar-refractivity contribution in [1.82, 2.24) is 9.80 Å². The molecule has 0 bridgehead atoms. The van der Waals surface area contributed by atoms with E-state index >= 15 is 0 Å². The summed E-state index contributed by atoms with van der Waals surface area (Å²) < 4.78 is 10.9. The van der Waals surface area contributed by atoms with Gasteiger partial charge in [-0.3, -0.25) is 14.4 Å². The lowest BCUT2D eigenvalue weighted by atomic mass is 9.95. The molecule has 1 aliphatic heterocycles. The summed E-state index contributed by atoms with van der Waals surface area (Å²) in [5.74, 6) is -1.79. The summed E-state index contributed by atoms with van der Waals surface area (Å²) in [6, 6.07) is 14.6. The van der Waals surface area contributed by atoms with E-state index in [-0.39, 0.29) is 11.3 Å². The molecule has 0 aliphatic carbocycles. The van der Waals surface area contributed by atoms with E-state index in [2.05, 4.69) is 4.90 Å². The zero-order valence-corrected chi connectivity index (χ0v) is 20.0. The van der Waals surface area contributed by atoms with Crippen molar-refractivity contribution in [2.24, 2.45) is 0 Å². The number of likely N-dealkylation sites (N-methyl/N-ethyl adjacent to an activating group) is 1. The molecule has 1 atom stereocenters. The molecule has 0 saturated heterocycles. The summed E-state index contributed by atoms with van der Waals surface area (Å²) in [5, 5.41) is 11.6. The smallest absolute Gasteiger partial charge is 0.308 e. The van der Waals surface area contributed by atoms with Crippen molar-refractivity contribution in [2.45, 2.75) is 26.8 Å². The first-order valence-electron chi connectivity index (χ1n) is 11.6. The van der Waals surface area contributed by atoms with Gasteiger partial charge in [0.1, 0.15) is 11.3 Å². The first kappa shape index (κ1) is 24.2. The van der Waals surface area contributed by atoms with Crippen LogP contribution in [-0.2, 0) is 9.59 Å². The number of esters is 1. The fourth-order valence-corrected chi connectivity index (χ4v) is 4.36. The van der Waals surface area contributed by atoms with E-state index < -0.39 is 29.5 Å². The lowest BCUT2D eigenvalue weighted by Gasteiger charge is -2.29. The van der Waals surface area contributed by atoms with Crippen molar-refractivity contribution in [2.75, 3.05) is 26.2 Å². The summed E-state index contributed by atoms with van der Waals surface area (Å²) in [4.78, 5) is 41.7. The fourth-order valence-electron chi connectivity index (χ4n) is 4.36. The molecule has 35 heavy (non-hydrogen) atoms. The van der Waals surface area contributed by atoms with E-state index in [0.29, 0.717) is 30.0 Å². The van der Waals surface area contributed by atoms with Crippen LogP contribution in [0.5, 0.6) is 5.75 Å². The number of fused-ring (bicyclic) bond motifs is 1. The van der Waals surface area contributed by atoms with Gasteiger partial charge in [0.05, 0.1) is 11.6 Å². The highest BCUT2D eigenvalue weighted by molar-refractivity contribution is 6.16. The number of ether oxygens (including phenoxy) is 1. The van der Waals surface area contributed by atoms with Crippen LogP contribution in [0.3, 0.4) is 0 Å². The molecule has 3 aromatic rings. The lowest BCUT2D eigenvalue weighted by Crippen LogP contribution is -2.38. The standard InChI is InChI=1S/C27H28N2O6/c1-4-28(5-2)14-15-29-24(18-10-12-20(13-11-18)34-17(3)30)23(26(32)27(29)33)25(31)22-16-19-8-6-7-9-21(19)35-22/h6-13,16,24,32H,4-5,14-15H2,1-3H3. The fraction of sp³-hybridized carbons (Fsp3) is 0.296. The predicted molar refractivity (Wildman–Crippen MR) is 130 cm³/mol. The Morgan fingerprint density at radius 2 is 1.77 bits per heavy atom. The zero-order chi connectivity index (χ0) is 25.1. The highest BCUT2D eigenvalue weighted by Crippen LogP contribution is 2.40. The van der Waals surface area contributed by atoms with Crippen molar-refractivity contribution < 1.29 is 28.6 Å². The van der Waals surface area contributed by atoms with Crippen LogP contribution in [0.2, 0.25) is 0 Å². The number of benzene rings is 2. The Morgan fingerprint density at radius 1 is 1.09 bits per heavy atom. The van der Waals surface area contributed by atoms with Crippen LogP contribution in [0.4, 0.5) is 0 Å². The number of amides is 1. The molecule has 8 nitrogen and oxygen atoms in total. The second kappa shape index (κ2) is 10.1. The maximum atomic E-state index is 13.6. The Kier molecular flexibility index (Phi) is 7.02. The van der Waals surface area contributed by atoms with Crippen molar-refractivity contribution in [3.63, 3.8) is 0 Å². The van der Waals surface area contributed by atoms with E-state index in [4.69, 9.17) is 9.15 Å². The summed E-state index contributed by atoms with van der Waals surface area (Å²) in [6.45, 7) is 7.90. The average Bonchev–Trinajstić information content (AvgIpc) is 3.39. The Balaban J connectivity index is 1.73. The molecule has 8 heteroatoms. The SMILES string of the molecule is CCN(CC)CCN1C(=O)C(O)=C(C(=O)c2cc3ccccc3o2)C1c1ccc(OC(C)=O)cc1. The molecule has 0 spiro atoms. The molecule has 1 aliphatic rings. The van der Waals surface area contributed by atoms with Gasteiger partial charge in [-0.25, -0.2) is 0 Å². The Labute approximate surface area is 203 Å². The van der Waals surface area contributed by atoms with Crippen molar-refractivity contribution in [1.29, 1.82) is 0 Å². The van der Waals surface area contributed by atoms with Gasteiger partial charge in [-0.1, -0.05) is 44.2 Å². The molecule has 0 fully saturated rings. The highest BCUT2D eigenvalue weighted by Gasteiger charge is 2.44. The zero-order valence-electron chi connectivity index (χ0n) is 20.0. The third-order valence-electron chi connectivity index (χ3n) is 6.21. The second-order valence-corrected chi connectivity index (χ2v) is 8.33. The normalized spacial score (nSPS) is 15.9. The van der Waals surface area contributed by atoms with Gasteiger partial charge in [0, 0.05) is 25.4 Å². The number of nitrogens with zero attached hydrogens (tertiary/aromatic N) is 2. The van der Waals surface area contributed by atoms with Crippen LogP contribution in [0, 0.1) is 0 Å². The first-order valence-corrected chi connectivity index (χ1v) is 11.6. The van der Waals surface area contributed by atoms with Gasteiger partial charge in [0.2, 0.25) is 5.78 Å². The average molecular weight is 477 g/mol. The topological polar surface area (TPSA) is 100 Å². The highest BCUT2D eigenvalue weighted by atomic mass is 16.5. The molecule has 2 heterocycles. The van der Waals surface area contributed by atoms with Crippen LogP contribution < -0.4 is 4.74 Å². The second-order valence-electron chi connectivity index (χ2n) is 8.33. The third-order valence-corrected chi connectivity index (χ3v) is 6.21. The Bertz CT molecular complexity index is 1250. The van der Waals surface area contributed by atoms with Crippen LogP contribution in [0.1, 0.15) is 42.9 Å². The number of hydrogen-bond donors (Lipinski definition) is 1. The van der Waals surface area contributed by atoms with Gasteiger partial charge in [-0.15, -0.1) is 0 Å². The summed E-state index contributed by atoms with van der Waals surface area (Å²) >= 11 is 0. The number of Topliss-reactive ketones (excluding diaryl/α,β-unsaturated/α-hetero) is 1. The molecule has 4 rings (SSSR count). The first-order chi connectivity index (χ1) is 16.8. The summed E-state index contributed by atoms with van der Waals surface area (Å²) in [7, 11) is 0. The maximum Gasteiger partial charge on any atom is 0.308 e. The number of aliphatic hydroxyl groups excluding tert-OH is 1. The minimum atomic E-state index is -0.815. The van der Waals surface area contributed by atoms with Gasteiger partial charge < -0.3 is 24.1 Å². The van der Waals surface area contributed by atoms with Crippen LogP contribution >= 0.6 is 0 Å². The van der Waals surface area contributed by atoms with Gasteiger partial charge in [0.25, 0.3) is 5.91 Å². The largest absolute Gasteiger partial charge is 0.503 e. The van der Waals surface area contributed by atoms with Crippen LogP contribution in [0.15, 0.2) is 70.3 Å². The third kappa shape index (κ3) is 4.83. The number of carbonyl (C=O) groups excluding carboxylic acids is 3. The predicted octanol–water partition coefficient (Wildman–Crippen LogP) is 4.28. The maximum absolute atomic E-state index is 13.6. The number of ketones is 1. The molecule has 182 valence electrons. The molecule has 1 N–H and O–H groups in total. The van der Waals surface area contributed by atoms with E-state index in [9.17, 15) is 19.5 Å². The van der Waals surface area contributed by atoms with Crippen LogP contribution in [0.25, 0.3) is 11.0 Å². The number of para-hydroxylation sites is 1. The quantitative estimate of drug-likeness (QED) is 0.280. The Hall–Kier alpha value is -3.91. The van der Waals surface area contributed by atoms with E-state index in [1.807, 2.05) is 26.0 Å². The van der Waals surface area contributed by atoms with Gasteiger partial charge in [-0.2, -0.15) is 0 Å². The minimum absolute atomic E-state index is 0.0335. The molecule has 0 radical (unpaired) electrons. The number of aliphatic hydroxyl groups is 1. The summed E-state index contributed by atoms with van der Waals surface area (Å²) in [5.41, 5.74) is 1.12. The van der Waals surface area contributed by atoms with Gasteiger partial charge >= 0.3 is 5.97 Å². The van der Waals surface area contributed by atoms with Gasteiger partial charge in [-0.05, 0) is 42.9 Å². The molecule has 0 saturated carbocycles. The molecule has 1 aromatic heterocycles. The van der Waals surface area contributed by atoms with Crippen molar-refractivity contribution in [3.8, 4) is 5.75 Å². The number of furan rings is 1. The van der Waals surface area contributed by atoms with E-state index in [1.54, 1.807) is 42.5 Å². The molecular formula is C27H28N2O6. The molecular weight excluding hydrogens is 448 g/mol. The minimum Gasteiger partial charge on any atom is -0.503 e. The van der Waals surface area contributed by atoms with E-state index in [1.165, 1.54) is 11.8 Å². The molecule has 1 unspecified atom stereocenters. The van der Waals surface area contributed by atoms with E-state index in [0.717, 1.165) is 18.5 Å². The Morgan fingerprint density at radius 3 is 2.40 bits per heavy atom. The van der Waals surface area contributed by atoms with Crippen molar-refractivity contribution in [3.05, 3.63) is 77.3 Å². The molecule has 2 aromatic carbocycles.